The van der Waals surface area contributed by atoms with E-state index in [4.69, 9.17) is 43.1 Å². The van der Waals surface area contributed by atoms with Crippen molar-refractivity contribution < 1.29 is 72.5 Å². The van der Waals surface area contributed by atoms with Crippen LogP contribution in [0.3, 0.4) is 0 Å². The Bertz CT molecular complexity index is 4940. The summed E-state index contributed by atoms with van der Waals surface area (Å²) in [7, 11) is 2.47. The van der Waals surface area contributed by atoms with Crippen molar-refractivity contribution in [2.75, 3.05) is 53.0 Å². The smallest absolute Gasteiger partial charge is 0.373 e. The van der Waals surface area contributed by atoms with Gasteiger partial charge in [-0.2, -0.15) is 14.6 Å². The topological polar surface area (TPSA) is 487 Å². The number of amides is 3. The van der Waals surface area contributed by atoms with Crippen molar-refractivity contribution in [2.45, 2.75) is 103 Å². The standard InChI is InChI=1S/C38H51N11O10S2.C35H28ClN3O4.CO2/c1-2-26(50)11-14-60-61-20-23(36(58)59)16-29(52)28(17-30(53)54)47-34(56)22(5-3-13-43-37(39)40)15-27(51)6-4-12-42-33(55)21-7-9-24(10-8-21)44-18-25-19-45-32-31(46-25)35(57)49-38(41)48-32;1-19-7-9-27-22(11-19)14-29(37-27)32(41)13-21-8-10-28-23(12-21)15-30(38-28)35(42)39-18-24(17-36)34-26-6-4-3-5-25(26)33(16-31(34)39)43-20(2)40;2-1-3/h7-10,19,22-23,28,44H,2-6,11-18,20H2,1H3,(H,42,55)(H,47,56)(H,53,54)(H,58,59)(H4,39,40,43)(H3,41,45,48,49,57);3-12,14-16,24,37-38H,13,17-18H2,1-2H3;/t22-,23+,28+;;/m1../s1. The van der Waals surface area contributed by atoms with Gasteiger partial charge in [0.15, 0.2) is 28.7 Å². The highest BCUT2D eigenvalue weighted by atomic mass is 35.5. The Hall–Kier alpha value is -11.6. The first-order chi connectivity index (χ1) is 51.2. The second kappa shape index (κ2) is 39.0. The highest BCUT2D eigenvalue weighted by Crippen LogP contribution is 2.46. The number of anilines is 3. The van der Waals surface area contributed by atoms with Gasteiger partial charge >= 0.3 is 24.1 Å². The van der Waals surface area contributed by atoms with Crippen LogP contribution in [0.2, 0.25) is 0 Å². The molecule has 14 N–H and O–H groups in total. The van der Waals surface area contributed by atoms with Crippen LogP contribution in [0.4, 0.5) is 17.3 Å². The van der Waals surface area contributed by atoms with E-state index in [0.29, 0.717) is 70.8 Å². The number of H-pyrrole nitrogens is 3. The number of halogens is 1. The SMILES string of the molecule is CC(=O)Oc1cc2c(c3ccccc13)C(CCl)CN2C(=O)c1cc2cc(CC(=O)c3cc4cc(C)ccc4[nH]3)ccc2[nH]1.CCC(=O)CCSSC[C@H](CC(=O)[C@H](CC(=O)O)NC(=O)[C@H](CCCN=C(N)N)CC(=O)CCCNC(=O)c1ccc(NCc2cnc3nc(N)[nH]c(=O)c3n2)cc1)C(=O)O.O=C=O. The number of benzene rings is 5. The van der Waals surface area contributed by atoms with Crippen molar-refractivity contribution in [1.82, 2.24) is 40.5 Å². The third-order valence-electron chi connectivity index (χ3n) is 17.1. The first kappa shape index (κ1) is 81.1. The predicted octanol–water partition coefficient (Wildman–Crippen LogP) is 8.28. The second-order valence-corrected chi connectivity index (χ2v) is 28.0. The zero-order chi connectivity index (χ0) is 77.4. The van der Waals surface area contributed by atoms with Gasteiger partial charge in [0.05, 0.1) is 48.2 Å². The molecule has 0 saturated carbocycles. The number of nitrogen functional groups attached to an aromatic ring is 1. The lowest BCUT2D eigenvalue weighted by Crippen LogP contribution is -2.46. The van der Waals surface area contributed by atoms with E-state index in [1.807, 2.05) is 73.7 Å². The molecule has 4 atom stereocenters. The summed E-state index contributed by atoms with van der Waals surface area (Å²) in [5, 5.41) is 31.1. The number of guanidine groups is 1. The molecule has 33 heteroatoms. The van der Waals surface area contributed by atoms with E-state index in [1.54, 1.807) is 42.2 Å². The molecule has 5 aromatic carbocycles. The number of aromatic amines is 3. The second-order valence-electron chi connectivity index (χ2n) is 25.1. The number of esters is 1. The number of carboxylic acid groups (broad SMARTS) is 2. The number of aryl methyl sites for hydroxylation is 1. The van der Waals surface area contributed by atoms with Crippen molar-refractivity contribution in [3.05, 3.63) is 159 Å². The maximum Gasteiger partial charge on any atom is 0.373 e. The molecule has 1 unspecified atom stereocenters. The quantitative estimate of drug-likeness (QED) is 0.00260. The summed E-state index contributed by atoms with van der Waals surface area (Å²) in [5.74, 6) is -6.76. The van der Waals surface area contributed by atoms with Gasteiger partial charge in [-0.25, -0.2) is 9.97 Å². The summed E-state index contributed by atoms with van der Waals surface area (Å²) >= 11 is 6.41. The molecular weight excluding hydrogens is 1440 g/mol. The number of rotatable bonds is 35. The van der Waals surface area contributed by atoms with Crippen molar-refractivity contribution in [3.8, 4) is 5.75 Å². The van der Waals surface area contributed by atoms with Crippen molar-refractivity contribution >= 4 is 165 Å². The van der Waals surface area contributed by atoms with Crippen LogP contribution in [0, 0.1) is 18.8 Å². The van der Waals surface area contributed by atoms with Crippen LogP contribution in [0.25, 0.3) is 43.7 Å². The van der Waals surface area contributed by atoms with Gasteiger partial charge in [-0.15, -0.1) is 11.6 Å². The van der Waals surface area contributed by atoms with E-state index in [-0.39, 0.29) is 128 Å². The average molecular weight is 1520 g/mol. The molecule has 0 aliphatic carbocycles. The van der Waals surface area contributed by atoms with Gasteiger partial charge in [0, 0.05) is 139 Å². The van der Waals surface area contributed by atoms with Crippen molar-refractivity contribution in [2.24, 2.45) is 28.3 Å². The number of fused-ring (bicyclic) bond motifs is 6. The molecule has 3 amide bonds. The third-order valence-corrected chi connectivity index (χ3v) is 20.0. The number of aromatic nitrogens is 6. The van der Waals surface area contributed by atoms with Crippen LogP contribution in [-0.2, 0) is 56.1 Å². The van der Waals surface area contributed by atoms with Gasteiger partial charge in [-0.05, 0) is 103 Å². The number of ketones is 4. The fraction of sp³-hybridized carbons (Fsp3) is 0.324. The first-order valence-corrected chi connectivity index (χ1v) is 36.9. The zero-order valence-corrected chi connectivity index (χ0v) is 60.9. The molecule has 107 heavy (non-hydrogen) atoms. The van der Waals surface area contributed by atoms with Crippen LogP contribution < -0.4 is 48.3 Å². The van der Waals surface area contributed by atoms with Gasteiger partial charge < -0.3 is 63.0 Å². The number of ether oxygens (including phenoxy) is 1. The Labute approximate surface area is 624 Å². The number of nitrogens with zero attached hydrogens (tertiary/aromatic N) is 5. The molecule has 1 aliphatic heterocycles. The highest BCUT2D eigenvalue weighted by Gasteiger charge is 2.37. The van der Waals surface area contributed by atoms with Crippen LogP contribution in [-0.4, -0.2) is 154 Å². The number of aliphatic carboxylic acids is 2. The lowest BCUT2D eigenvalue weighted by atomic mass is 9.92. The monoisotopic (exact) mass is 1520 g/mol. The summed E-state index contributed by atoms with van der Waals surface area (Å²) in [6.45, 7) is 6.04. The number of alkyl halides is 1. The molecule has 0 fully saturated rings. The highest BCUT2D eigenvalue weighted by molar-refractivity contribution is 8.76. The van der Waals surface area contributed by atoms with Crippen LogP contribution in [0.15, 0.2) is 119 Å². The molecule has 0 bridgehead atoms. The molecular formula is C74H79ClN14O16S2. The van der Waals surface area contributed by atoms with Crippen LogP contribution in [0.1, 0.15) is 131 Å². The summed E-state index contributed by atoms with van der Waals surface area (Å²) in [4.78, 5) is 182. The minimum Gasteiger partial charge on any atom is -0.481 e. The third kappa shape index (κ3) is 22.9. The fourth-order valence-corrected chi connectivity index (χ4v) is 14.5. The Morgan fingerprint density at radius 3 is 2.21 bits per heavy atom. The predicted molar refractivity (Wildman–Crippen MR) is 405 cm³/mol. The Morgan fingerprint density at radius 1 is 0.813 bits per heavy atom. The van der Waals surface area contributed by atoms with E-state index in [0.717, 1.165) is 49.3 Å². The van der Waals surface area contributed by atoms with E-state index >= 15 is 0 Å². The molecule has 0 radical (unpaired) electrons. The number of hydrogen-bond donors (Lipinski definition) is 11. The Balaban J connectivity index is 0.000000273. The fourth-order valence-electron chi connectivity index (χ4n) is 11.9. The maximum atomic E-state index is 14.0. The molecule has 0 spiro atoms. The molecule has 5 heterocycles. The minimum atomic E-state index is -1.55. The number of carbonyl (C=O) groups is 10. The molecule has 10 rings (SSSR count). The van der Waals surface area contributed by atoms with Gasteiger partial charge in [0.2, 0.25) is 11.9 Å². The molecule has 30 nitrogen and oxygen atoms in total. The lowest BCUT2D eigenvalue weighted by molar-refractivity contribution is -0.192. The number of Topliss-reactive ketones (excluding diaryl/α,β-unsaturated/α-hetero) is 4. The summed E-state index contributed by atoms with van der Waals surface area (Å²) in [6, 6.07) is 30.0. The Morgan fingerprint density at radius 2 is 1.51 bits per heavy atom. The zero-order valence-electron chi connectivity index (χ0n) is 58.5. The van der Waals surface area contributed by atoms with Crippen LogP contribution >= 0.6 is 33.2 Å². The van der Waals surface area contributed by atoms with E-state index in [2.05, 4.69) is 56.9 Å². The number of carbonyl (C=O) groups excluding carboxylic acids is 10. The van der Waals surface area contributed by atoms with E-state index in [1.165, 1.54) is 34.7 Å². The van der Waals surface area contributed by atoms with Gasteiger partial charge in [-0.1, -0.05) is 70.5 Å². The number of nitrogens with two attached hydrogens (primary N) is 3. The van der Waals surface area contributed by atoms with E-state index < -0.39 is 65.9 Å². The summed E-state index contributed by atoms with van der Waals surface area (Å²) in [5.41, 5.74) is 23.9. The number of hydrogen-bond acceptors (Lipinski definition) is 22. The molecule has 0 saturated heterocycles. The lowest BCUT2D eigenvalue weighted by Gasteiger charge is -2.22. The van der Waals surface area contributed by atoms with Crippen LogP contribution in [0.5, 0.6) is 5.75 Å². The minimum absolute atomic E-state index is 0.00311. The normalized spacial score (nSPS) is 13.0. The maximum absolute atomic E-state index is 14.0. The Kier molecular flexibility index (Phi) is 29.5. The summed E-state index contributed by atoms with van der Waals surface area (Å²) < 4.78 is 5.56. The molecule has 1 aliphatic rings. The average Bonchev–Trinajstić information content (AvgIpc) is 1.61. The van der Waals surface area contributed by atoms with Gasteiger partial charge in [0.25, 0.3) is 17.4 Å². The molecule has 4 aromatic heterocycles. The van der Waals surface area contributed by atoms with Gasteiger partial charge in [-0.3, -0.25) is 62.7 Å². The summed E-state index contributed by atoms with van der Waals surface area (Å²) in [6.07, 6.45) is 1.68. The van der Waals surface area contributed by atoms with Crippen molar-refractivity contribution in [1.29, 1.82) is 0 Å². The van der Waals surface area contributed by atoms with Gasteiger partial charge in [0.1, 0.15) is 23.0 Å². The number of nitrogens with one attached hydrogen (secondary N) is 6. The largest absolute Gasteiger partial charge is 0.481 e. The first-order valence-electron chi connectivity index (χ1n) is 33.9. The number of aliphatic imine (C=N–C) groups is 1. The number of carboxylic acids is 2. The van der Waals surface area contributed by atoms with E-state index in [9.17, 15) is 63.0 Å². The molecule has 9 aromatic rings. The van der Waals surface area contributed by atoms with Crippen molar-refractivity contribution in [3.63, 3.8) is 0 Å². The molecule has 560 valence electrons.